The molecule has 1 aromatic heterocycles. The lowest BCUT2D eigenvalue weighted by Gasteiger charge is -2.20. The van der Waals surface area contributed by atoms with Crippen LogP contribution < -0.4 is 10.2 Å². The van der Waals surface area contributed by atoms with Crippen molar-refractivity contribution in [3.63, 3.8) is 0 Å². The Bertz CT molecular complexity index is 1120. The fraction of sp³-hybridized carbons (Fsp3) is 0.120. The third kappa shape index (κ3) is 4.11. The molecule has 0 saturated heterocycles. The molecule has 3 aromatic carbocycles. The molecule has 0 aliphatic carbocycles. The number of nitrogens with one attached hydrogen (secondary N) is 1. The fourth-order valence-corrected chi connectivity index (χ4v) is 3.28. The van der Waals surface area contributed by atoms with Gasteiger partial charge in [-0.1, -0.05) is 60.7 Å². The minimum atomic E-state index is 0.581. The standard InChI is InChI=1S/C25H24N4/c1-18-11-7-9-15-21(18)23-17-24(29(3)20-13-5-4-6-14-20)28-25(27-23)26-22-16-10-8-12-19(22)2/h4-17H,1-3H3,(H,26,27,28). The maximum Gasteiger partial charge on any atom is 0.229 e. The monoisotopic (exact) mass is 380 g/mol. The van der Waals surface area contributed by atoms with Gasteiger partial charge in [0.2, 0.25) is 5.95 Å². The van der Waals surface area contributed by atoms with Crippen molar-refractivity contribution in [3.05, 3.63) is 96.1 Å². The van der Waals surface area contributed by atoms with Gasteiger partial charge in [-0.25, -0.2) is 4.98 Å². The van der Waals surface area contributed by atoms with E-state index in [9.17, 15) is 0 Å². The van der Waals surface area contributed by atoms with Gasteiger partial charge in [0.05, 0.1) is 5.69 Å². The zero-order valence-electron chi connectivity index (χ0n) is 16.9. The van der Waals surface area contributed by atoms with Gasteiger partial charge in [0.25, 0.3) is 0 Å². The third-order valence-corrected chi connectivity index (χ3v) is 5.01. The van der Waals surface area contributed by atoms with Crippen molar-refractivity contribution in [2.45, 2.75) is 13.8 Å². The number of nitrogens with zero attached hydrogens (tertiary/aromatic N) is 3. The SMILES string of the molecule is Cc1ccccc1Nc1nc(-c2ccccc2C)cc(N(C)c2ccccc2)n1. The number of hydrogen-bond donors (Lipinski definition) is 1. The van der Waals surface area contributed by atoms with Gasteiger partial charge in [-0.3, -0.25) is 0 Å². The van der Waals surface area contributed by atoms with E-state index in [2.05, 4.69) is 54.4 Å². The highest BCUT2D eigenvalue weighted by atomic mass is 15.2. The van der Waals surface area contributed by atoms with Crippen molar-refractivity contribution in [1.29, 1.82) is 0 Å². The number of benzene rings is 3. The predicted octanol–water partition coefficient (Wildman–Crippen LogP) is 6.27. The van der Waals surface area contributed by atoms with Crippen LogP contribution in [0.15, 0.2) is 84.9 Å². The summed E-state index contributed by atoms with van der Waals surface area (Å²) in [7, 11) is 2.02. The predicted molar refractivity (Wildman–Crippen MR) is 121 cm³/mol. The minimum Gasteiger partial charge on any atom is -0.329 e. The molecule has 0 unspecified atom stereocenters. The van der Waals surface area contributed by atoms with Crippen LogP contribution in [0.1, 0.15) is 11.1 Å². The van der Waals surface area contributed by atoms with Crippen molar-refractivity contribution in [2.75, 3.05) is 17.3 Å². The Labute approximate surface area is 171 Å². The molecule has 4 nitrogen and oxygen atoms in total. The van der Waals surface area contributed by atoms with E-state index in [0.717, 1.165) is 34.0 Å². The second-order valence-electron chi connectivity index (χ2n) is 7.08. The molecule has 0 fully saturated rings. The Morgan fingerprint density at radius 2 is 1.38 bits per heavy atom. The smallest absolute Gasteiger partial charge is 0.229 e. The van der Waals surface area contributed by atoms with E-state index in [-0.39, 0.29) is 0 Å². The van der Waals surface area contributed by atoms with Gasteiger partial charge in [0.1, 0.15) is 5.82 Å². The van der Waals surface area contributed by atoms with E-state index in [1.165, 1.54) is 5.56 Å². The van der Waals surface area contributed by atoms with E-state index in [4.69, 9.17) is 9.97 Å². The van der Waals surface area contributed by atoms with Crippen LogP contribution in [0.2, 0.25) is 0 Å². The zero-order valence-corrected chi connectivity index (χ0v) is 16.9. The van der Waals surface area contributed by atoms with Gasteiger partial charge in [0, 0.05) is 30.1 Å². The van der Waals surface area contributed by atoms with Crippen molar-refractivity contribution in [1.82, 2.24) is 9.97 Å². The second-order valence-corrected chi connectivity index (χ2v) is 7.08. The molecular formula is C25H24N4. The highest BCUT2D eigenvalue weighted by molar-refractivity contribution is 5.72. The van der Waals surface area contributed by atoms with Gasteiger partial charge in [-0.15, -0.1) is 0 Å². The topological polar surface area (TPSA) is 41.1 Å². The van der Waals surface area contributed by atoms with Gasteiger partial charge >= 0.3 is 0 Å². The summed E-state index contributed by atoms with van der Waals surface area (Å²) >= 11 is 0. The molecule has 29 heavy (non-hydrogen) atoms. The average Bonchev–Trinajstić information content (AvgIpc) is 2.75. The highest BCUT2D eigenvalue weighted by Gasteiger charge is 2.13. The Hall–Kier alpha value is -3.66. The molecule has 0 spiro atoms. The Morgan fingerprint density at radius 1 is 0.724 bits per heavy atom. The summed E-state index contributed by atoms with van der Waals surface area (Å²) in [5.41, 5.74) is 6.40. The molecule has 4 heteroatoms. The first-order valence-corrected chi connectivity index (χ1v) is 9.68. The molecule has 0 atom stereocenters. The molecule has 0 bridgehead atoms. The first-order chi connectivity index (χ1) is 14.1. The van der Waals surface area contributed by atoms with Crippen molar-refractivity contribution < 1.29 is 0 Å². The van der Waals surface area contributed by atoms with Gasteiger partial charge in [-0.05, 0) is 43.2 Å². The molecule has 0 saturated carbocycles. The summed E-state index contributed by atoms with van der Waals surface area (Å²) in [6.45, 7) is 4.18. The maximum absolute atomic E-state index is 4.83. The number of aromatic nitrogens is 2. The summed E-state index contributed by atoms with van der Waals surface area (Å²) in [4.78, 5) is 11.7. The number of anilines is 4. The Morgan fingerprint density at radius 3 is 2.10 bits per heavy atom. The van der Waals surface area contributed by atoms with Crippen LogP contribution in [0.25, 0.3) is 11.3 Å². The van der Waals surface area contributed by atoms with Crippen LogP contribution >= 0.6 is 0 Å². The molecule has 1 heterocycles. The lowest BCUT2D eigenvalue weighted by atomic mass is 10.1. The van der Waals surface area contributed by atoms with Gasteiger partial charge in [0.15, 0.2) is 0 Å². The van der Waals surface area contributed by atoms with E-state index in [1.54, 1.807) is 0 Å². The zero-order chi connectivity index (χ0) is 20.2. The van der Waals surface area contributed by atoms with Crippen LogP contribution in [0, 0.1) is 13.8 Å². The van der Waals surface area contributed by atoms with E-state index < -0.39 is 0 Å². The molecule has 4 rings (SSSR count). The molecule has 0 aliphatic heterocycles. The molecule has 0 radical (unpaired) electrons. The lowest BCUT2D eigenvalue weighted by Crippen LogP contribution is -2.13. The summed E-state index contributed by atoms with van der Waals surface area (Å²) in [5.74, 6) is 1.42. The third-order valence-electron chi connectivity index (χ3n) is 5.01. The molecule has 4 aromatic rings. The molecule has 144 valence electrons. The molecule has 1 N–H and O–H groups in total. The van der Waals surface area contributed by atoms with Crippen LogP contribution in [-0.4, -0.2) is 17.0 Å². The normalized spacial score (nSPS) is 10.6. The fourth-order valence-electron chi connectivity index (χ4n) is 3.28. The summed E-state index contributed by atoms with van der Waals surface area (Å²) in [6.07, 6.45) is 0. The minimum absolute atomic E-state index is 0.581. The Kier molecular flexibility index (Phi) is 5.25. The van der Waals surface area contributed by atoms with E-state index >= 15 is 0 Å². The van der Waals surface area contributed by atoms with Crippen LogP contribution in [0.3, 0.4) is 0 Å². The van der Waals surface area contributed by atoms with E-state index in [1.807, 2.05) is 61.6 Å². The number of aryl methyl sites for hydroxylation is 2. The van der Waals surface area contributed by atoms with Crippen LogP contribution in [0.4, 0.5) is 23.1 Å². The molecule has 0 aliphatic rings. The molecule has 0 amide bonds. The summed E-state index contributed by atoms with van der Waals surface area (Å²) < 4.78 is 0. The lowest BCUT2D eigenvalue weighted by molar-refractivity contribution is 1.08. The quantitative estimate of drug-likeness (QED) is 0.443. The largest absolute Gasteiger partial charge is 0.329 e. The highest BCUT2D eigenvalue weighted by Crippen LogP contribution is 2.30. The first-order valence-electron chi connectivity index (χ1n) is 9.68. The van der Waals surface area contributed by atoms with Crippen molar-refractivity contribution in [2.24, 2.45) is 0 Å². The first kappa shape index (κ1) is 18.7. The molecular weight excluding hydrogens is 356 g/mol. The van der Waals surface area contributed by atoms with Crippen LogP contribution in [-0.2, 0) is 0 Å². The summed E-state index contributed by atoms with van der Waals surface area (Å²) in [6, 6.07) is 28.7. The van der Waals surface area contributed by atoms with E-state index in [0.29, 0.717) is 5.95 Å². The maximum atomic E-state index is 4.83. The number of hydrogen-bond acceptors (Lipinski definition) is 4. The van der Waals surface area contributed by atoms with Crippen molar-refractivity contribution in [3.8, 4) is 11.3 Å². The van der Waals surface area contributed by atoms with Gasteiger partial charge < -0.3 is 10.2 Å². The second kappa shape index (κ2) is 8.15. The summed E-state index contributed by atoms with van der Waals surface area (Å²) in [5, 5.41) is 3.40. The van der Waals surface area contributed by atoms with Gasteiger partial charge in [-0.2, -0.15) is 4.98 Å². The Balaban J connectivity index is 1.81. The number of para-hydroxylation sites is 2. The van der Waals surface area contributed by atoms with Crippen molar-refractivity contribution >= 4 is 23.1 Å². The number of rotatable bonds is 5. The van der Waals surface area contributed by atoms with Crippen LogP contribution in [0.5, 0.6) is 0 Å². The average molecular weight is 380 g/mol.